The number of methoxy groups -OCH3 is 2. The predicted molar refractivity (Wildman–Crippen MR) is 88.3 cm³/mol. The maximum absolute atomic E-state index is 12.4. The van der Waals surface area contributed by atoms with Crippen LogP contribution in [0.3, 0.4) is 0 Å². The number of anilines is 1. The van der Waals surface area contributed by atoms with E-state index in [1.54, 1.807) is 0 Å². The first-order valence-corrected chi connectivity index (χ1v) is 7.36. The summed E-state index contributed by atoms with van der Waals surface area (Å²) in [6, 6.07) is 6.86. The van der Waals surface area contributed by atoms with Crippen LogP contribution >= 0.6 is 23.2 Å². The monoisotopic (exact) mass is 368 g/mol. The number of carbonyl (C=O) groups is 2. The zero-order chi connectivity index (χ0) is 17.9. The van der Waals surface area contributed by atoms with Gasteiger partial charge in [-0.3, -0.25) is 4.79 Å². The van der Waals surface area contributed by atoms with Crippen LogP contribution in [-0.4, -0.2) is 26.1 Å². The SMILES string of the molecule is COc1cc(NC(=O)c2ccc(Cl)cc2Cl)c(C(=O)[O-])cc1OC. The highest BCUT2D eigenvalue weighted by Gasteiger charge is 2.16. The van der Waals surface area contributed by atoms with E-state index in [9.17, 15) is 14.7 Å². The van der Waals surface area contributed by atoms with Gasteiger partial charge in [0.25, 0.3) is 5.91 Å². The van der Waals surface area contributed by atoms with Gasteiger partial charge in [0.2, 0.25) is 0 Å². The molecule has 1 amide bonds. The van der Waals surface area contributed by atoms with Gasteiger partial charge < -0.3 is 24.7 Å². The second kappa shape index (κ2) is 7.42. The van der Waals surface area contributed by atoms with Crippen molar-refractivity contribution < 1.29 is 24.2 Å². The van der Waals surface area contributed by atoms with Crippen LogP contribution in [0.4, 0.5) is 5.69 Å². The number of ether oxygens (including phenoxy) is 2. The summed E-state index contributed by atoms with van der Waals surface area (Å²) in [7, 11) is 2.75. The molecule has 0 fully saturated rings. The fourth-order valence-corrected chi connectivity index (χ4v) is 2.51. The Hall–Kier alpha value is -2.44. The normalized spacial score (nSPS) is 10.2. The van der Waals surface area contributed by atoms with E-state index >= 15 is 0 Å². The summed E-state index contributed by atoms with van der Waals surface area (Å²) >= 11 is 11.8. The molecule has 0 saturated carbocycles. The van der Waals surface area contributed by atoms with Crippen molar-refractivity contribution in [1.29, 1.82) is 0 Å². The summed E-state index contributed by atoms with van der Waals surface area (Å²) in [4.78, 5) is 23.7. The molecule has 0 aliphatic rings. The number of amides is 1. The minimum atomic E-state index is -1.48. The molecule has 2 aromatic carbocycles. The zero-order valence-corrected chi connectivity index (χ0v) is 14.2. The first-order chi connectivity index (χ1) is 11.4. The molecule has 0 aliphatic carbocycles. The molecule has 0 radical (unpaired) electrons. The minimum absolute atomic E-state index is 0.0105. The number of hydrogen-bond donors (Lipinski definition) is 1. The highest BCUT2D eigenvalue weighted by Crippen LogP contribution is 2.33. The van der Waals surface area contributed by atoms with Crippen LogP contribution in [-0.2, 0) is 0 Å². The molecule has 24 heavy (non-hydrogen) atoms. The van der Waals surface area contributed by atoms with Crippen molar-refractivity contribution in [2.75, 3.05) is 19.5 Å². The third-order valence-electron chi connectivity index (χ3n) is 3.17. The standard InChI is InChI=1S/C16H13Cl2NO5/c1-23-13-6-10(16(21)22)12(7-14(13)24-2)19-15(20)9-4-3-8(17)5-11(9)18/h3-7H,1-2H3,(H,19,20)(H,21,22)/p-1. The molecule has 2 rings (SSSR count). The molecule has 6 nitrogen and oxygen atoms in total. The summed E-state index contributed by atoms with van der Waals surface area (Å²) in [6.07, 6.45) is 0. The van der Waals surface area contributed by atoms with Crippen molar-refractivity contribution in [1.82, 2.24) is 0 Å². The average molecular weight is 369 g/mol. The number of nitrogens with one attached hydrogen (secondary N) is 1. The van der Waals surface area contributed by atoms with Gasteiger partial charge in [-0.2, -0.15) is 0 Å². The van der Waals surface area contributed by atoms with E-state index in [4.69, 9.17) is 32.7 Å². The molecule has 0 unspecified atom stereocenters. The number of carbonyl (C=O) groups excluding carboxylic acids is 2. The number of carboxylic acid groups (broad SMARTS) is 1. The summed E-state index contributed by atoms with van der Waals surface area (Å²) < 4.78 is 10.1. The van der Waals surface area contributed by atoms with Crippen molar-refractivity contribution >= 4 is 40.8 Å². The van der Waals surface area contributed by atoms with E-state index in [-0.39, 0.29) is 33.3 Å². The van der Waals surface area contributed by atoms with E-state index in [1.165, 1.54) is 44.6 Å². The summed E-state index contributed by atoms with van der Waals surface area (Å²) in [6.45, 7) is 0. The van der Waals surface area contributed by atoms with Crippen molar-refractivity contribution in [3.63, 3.8) is 0 Å². The van der Waals surface area contributed by atoms with Gasteiger partial charge >= 0.3 is 0 Å². The van der Waals surface area contributed by atoms with E-state index in [1.807, 2.05) is 0 Å². The van der Waals surface area contributed by atoms with Crippen LogP contribution in [0.5, 0.6) is 11.5 Å². The second-order valence-electron chi connectivity index (χ2n) is 4.62. The molecule has 0 heterocycles. The lowest BCUT2D eigenvalue weighted by molar-refractivity contribution is -0.254. The van der Waals surface area contributed by atoms with Gasteiger partial charge in [-0.15, -0.1) is 0 Å². The van der Waals surface area contributed by atoms with Crippen molar-refractivity contribution in [2.24, 2.45) is 0 Å². The third kappa shape index (κ3) is 3.72. The highest BCUT2D eigenvalue weighted by molar-refractivity contribution is 6.37. The zero-order valence-electron chi connectivity index (χ0n) is 12.7. The molecule has 0 atom stereocenters. The van der Waals surface area contributed by atoms with E-state index < -0.39 is 11.9 Å². The number of benzene rings is 2. The van der Waals surface area contributed by atoms with Crippen LogP contribution in [0.1, 0.15) is 20.7 Å². The Morgan fingerprint density at radius 3 is 2.17 bits per heavy atom. The minimum Gasteiger partial charge on any atom is -0.545 e. The lowest BCUT2D eigenvalue weighted by Crippen LogP contribution is -2.25. The molecule has 1 N–H and O–H groups in total. The van der Waals surface area contributed by atoms with E-state index in [0.717, 1.165) is 0 Å². The van der Waals surface area contributed by atoms with Crippen molar-refractivity contribution in [3.8, 4) is 11.5 Å². The molecule has 0 spiro atoms. The maximum Gasteiger partial charge on any atom is 0.257 e. The molecule has 126 valence electrons. The highest BCUT2D eigenvalue weighted by atomic mass is 35.5. The number of carboxylic acids is 1. The Labute approximate surface area is 147 Å². The van der Waals surface area contributed by atoms with Crippen LogP contribution in [0.15, 0.2) is 30.3 Å². The summed E-state index contributed by atoms with van der Waals surface area (Å²) in [5.41, 5.74) is -0.130. The number of aromatic carboxylic acids is 1. The lowest BCUT2D eigenvalue weighted by atomic mass is 10.1. The molecule has 0 saturated heterocycles. The Kier molecular flexibility index (Phi) is 5.54. The van der Waals surface area contributed by atoms with Crippen LogP contribution in [0.2, 0.25) is 10.0 Å². The molecule has 2 aromatic rings. The third-order valence-corrected chi connectivity index (χ3v) is 3.72. The van der Waals surface area contributed by atoms with Crippen LogP contribution < -0.4 is 19.9 Å². The van der Waals surface area contributed by atoms with Gasteiger partial charge in [-0.25, -0.2) is 0 Å². The van der Waals surface area contributed by atoms with Crippen molar-refractivity contribution in [2.45, 2.75) is 0 Å². The Bertz CT molecular complexity index is 807. The Morgan fingerprint density at radius 1 is 1.00 bits per heavy atom. The quantitative estimate of drug-likeness (QED) is 0.876. The van der Waals surface area contributed by atoms with Gasteiger partial charge in [-0.05, 0) is 24.3 Å². The average Bonchev–Trinajstić information content (AvgIpc) is 2.53. The molecule has 0 bridgehead atoms. The predicted octanol–water partition coefficient (Wildman–Crippen LogP) is 2.63. The molecular weight excluding hydrogens is 357 g/mol. The smallest absolute Gasteiger partial charge is 0.257 e. The maximum atomic E-state index is 12.4. The lowest BCUT2D eigenvalue weighted by Gasteiger charge is -2.16. The number of hydrogen-bond acceptors (Lipinski definition) is 5. The topological polar surface area (TPSA) is 87.7 Å². The Balaban J connectivity index is 2.44. The van der Waals surface area contributed by atoms with E-state index in [0.29, 0.717) is 5.02 Å². The summed E-state index contributed by atoms with van der Waals surface area (Å²) in [5.74, 6) is -1.64. The number of halogens is 2. The largest absolute Gasteiger partial charge is 0.545 e. The van der Waals surface area contributed by atoms with E-state index in [2.05, 4.69) is 5.32 Å². The molecular formula is C16H12Cl2NO5-. The molecule has 0 aromatic heterocycles. The first-order valence-electron chi connectivity index (χ1n) is 6.61. The van der Waals surface area contributed by atoms with Crippen molar-refractivity contribution in [3.05, 3.63) is 51.5 Å². The van der Waals surface area contributed by atoms with Crippen LogP contribution in [0, 0.1) is 0 Å². The number of rotatable bonds is 5. The Morgan fingerprint density at radius 2 is 1.62 bits per heavy atom. The molecule has 8 heteroatoms. The fraction of sp³-hybridized carbons (Fsp3) is 0.125. The van der Waals surface area contributed by atoms with Gasteiger partial charge in [0, 0.05) is 16.7 Å². The van der Waals surface area contributed by atoms with Crippen LogP contribution in [0.25, 0.3) is 0 Å². The first kappa shape index (κ1) is 17.9. The van der Waals surface area contributed by atoms with Gasteiger partial charge in [0.1, 0.15) is 0 Å². The summed E-state index contributed by atoms with van der Waals surface area (Å²) in [5, 5.41) is 14.3. The molecule has 0 aliphatic heterocycles. The van der Waals surface area contributed by atoms with Gasteiger partial charge in [-0.1, -0.05) is 23.2 Å². The second-order valence-corrected chi connectivity index (χ2v) is 5.46. The fourth-order valence-electron chi connectivity index (χ4n) is 2.01. The van der Waals surface area contributed by atoms with Gasteiger partial charge in [0.05, 0.1) is 36.5 Å². The van der Waals surface area contributed by atoms with Gasteiger partial charge in [0.15, 0.2) is 11.5 Å².